The van der Waals surface area contributed by atoms with Gasteiger partial charge in [-0.3, -0.25) is 9.59 Å². The van der Waals surface area contributed by atoms with E-state index in [2.05, 4.69) is 0 Å². The van der Waals surface area contributed by atoms with Gasteiger partial charge in [-0.1, -0.05) is 18.2 Å². The molecule has 25 heavy (non-hydrogen) atoms. The van der Waals surface area contributed by atoms with Crippen molar-refractivity contribution in [3.8, 4) is 5.75 Å². The third kappa shape index (κ3) is 4.70. The number of carbonyl (C=O) groups is 2. The molecule has 0 aromatic heterocycles. The molecule has 0 aliphatic carbocycles. The summed E-state index contributed by atoms with van der Waals surface area (Å²) in [7, 11) is 0. The van der Waals surface area contributed by atoms with Crippen LogP contribution < -0.4 is 4.74 Å². The maximum Gasteiger partial charge on any atom is 0.171 e. The van der Waals surface area contributed by atoms with Crippen LogP contribution in [0.1, 0.15) is 17.5 Å². The Morgan fingerprint density at radius 3 is 2.32 bits per heavy atom. The number of ketones is 2. The van der Waals surface area contributed by atoms with E-state index in [9.17, 15) is 18.4 Å². The Kier molecular flexibility index (Phi) is 5.19. The Morgan fingerprint density at radius 2 is 1.72 bits per heavy atom. The lowest BCUT2D eigenvalue weighted by Gasteiger charge is -2.09. The van der Waals surface area contributed by atoms with Gasteiger partial charge >= 0.3 is 0 Å². The van der Waals surface area contributed by atoms with Crippen molar-refractivity contribution >= 4 is 11.6 Å². The molecule has 1 fully saturated rings. The van der Waals surface area contributed by atoms with Crippen LogP contribution in [0, 0.1) is 11.6 Å². The first kappa shape index (κ1) is 17.2. The molecule has 0 saturated carbocycles. The summed E-state index contributed by atoms with van der Waals surface area (Å²) in [6.45, 7) is 0.174. The van der Waals surface area contributed by atoms with E-state index in [1.165, 1.54) is 18.2 Å². The number of hydrogen-bond acceptors (Lipinski definition) is 4. The average molecular weight is 346 g/mol. The Balaban J connectivity index is 1.53. The van der Waals surface area contributed by atoms with Crippen LogP contribution in [0.2, 0.25) is 0 Å². The third-order valence-corrected chi connectivity index (χ3v) is 3.83. The number of ether oxygens (including phenoxy) is 2. The van der Waals surface area contributed by atoms with Crippen molar-refractivity contribution in [3.05, 3.63) is 65.2 Å². The highest BCUT2D eigenvalue weighted by Crippen LogP contribution is 2.18. The predicted octanol–water partition coefficient (Wildman–Crippen LogP) is 3.01. The van der Waals surface area contributed by atoms with Crippen LogP contribution in [0.3, 0.4) is 0 Å². The summed E-state index contributed by atoms with van der Waals surface area (Å²) < 4.78 is 37.3. The van der Waals surface area contributed by atoms with E-state index in [4.69, 9.17) is 9.47 Å². The average Bonchev–Trinajstić information content (AvgIpc) is 3.41. The largest absolute Gasteiger partial charge is 0.489 e. The van der Waals surface area contributed by atoms with Crippen molar-refractivity contribution in [2.75, 3.05) is 6.61 Å². The fourth-order valence-corrected chi connectivity index (χ4v) is 2.36. The van der Waals surface area contributed by atoms with E-state index >= 15 is 0 Å². The first-order chi connectivity index (χ1) is 12.0. The van der Waals surface area contributed by atoms with Crippen LogP contribution in [0.4, 0.5) is 8.78 Å². The number of epoxide rings is 1. The van der Waals surface area contributed by atoms with Gasteiger partial charge in [-0.05, 0) is 29.8 Å². The quantitative estimate of drug-likeness (QED) is 0.545. The molecule has 0 spiro atoms. The zero-order chi connectivity index (χ0) is 17.8. The Morgan fingerprint density at radius 1 is 1.08 bits per heavy atom. The minimum absolute atomic E-state index is 0.129. The van der Waals surface area contributed by atoms with Crippen molar-refractivity contribution in [1.82, 2.24) is 0 Å². The molecule has 130 valence electrons. The summed E-state index contributed by atoms with van der Waals surface area (Å²) in [4.78, 5) is 23.3. The topological polar surface area (TPSA) is 55.9 Å². The third-order valence-electron chi connectivity index (χ3n) is 3.83. The first-order valence-electron chi connectivity index (χ1n) is 7.83. The van der Waals surface area contributed by atoms with E-state index in [0.29, 0.717) is 12.4 Å². The van der Waals surface area contributed by atoms with E-state index in [0.717, 1.165) is 5.56 Å². The monoisotopic (exact) mass is 346 g/mol. The summed E-state index contributed by atoms with van der Waals surface area (Å²) in [5.41, 5.74) is 0.599. The Bertz CT molecular complexity index is 762. The lowest BCUT2D eigenvalue weighted by atomic mass is 10.0. The fraction of sp³-hybridized carbons (Fsp3) is 0.263. The van der Waals surface area contributed by atoms with Crippen LogP contribution in [0.15, 0.2) is 42.5 Å². The summed E-state index contributed by atoms with van der Waals surface area (Å²) in [5, 5.41) is 0. The second-order valence-electron chi connectivity index (χ2n) is 5.81. The van der Waals surface area contributed by atoms with E-state index in [1.54, 1.807) is 24.3 Å². The smallest absolute Gasteiger partial charge is 0.171 e. The van der Waals surface area contributed by atoms with Crippen molar-refractivity contribution in [2.45, 2.75) is 25.6 Å². The van der Waals surface area contributed by atoms with Crippen molar-refractivity contribution < 1.29 is 27.8 Å². The molecular formula is C19H16F2O4. The zero-order valence-electron chi connectivity index (χ0n) is 13.3. The Hall–Kier alpha value is -2.60. The highest BCUT2D eigenvalue weighted by Gasteiger charge is 2.31. The van der Waals surface area contributed by atoms with Crippen LogP contribution in [-0.2, 0) is 27.4 Å². The van der Waals surface area contributed by atoms with Crippen molar-refractivity contribution in [3.63, 3.8) is 0 Å². The standard InChI is InChI=1S/C19H16F2O4/c20-16-2-1-3-17(21)15(16)10-24-14-6-4-12(5-7-14)8-13(22)9-18(23)19-11-25-19/h1-7,19H,8-11H2. The number of Topliss-reactive ketones (excluding diaryl/α,β-unsaturated/α-hetero) is 2. The van der Waals surface area contributed by atoms with Gasteiger partial charge in [0.1, 0.15) is 35.9 Å². The minimum Gasteiger partial charge on any atom is -0.489 e. The highest BCUT2D eigenvalue weighted by atomic mass is 19.1. The van der Waals surface area contributed by atoms with Gasteiger partial charge in [0.2, 0.25) is 0 Å². The summed E-state index contributed by atoms with van der Waals surface area (Å²) in [5.74, 6) is -1.25. The predicted molar refractivity (Wildman–Crippen MR) is 85.2 cm³/mol. The number of halogens is 2. The molecule has 1 heterocycles. The second-order valence-corrected chi connectivity index (χ2v) is 5.81. The van der Waals surface area contributed by atoms with Gasteiger partial charge in [-0.15, -0.1) is 0 Å². The normalized spacial score (nSPS) is 15.7. The number of rotatable bonds is 8. The van der Waals surface area contributed by atoms with Crippen molar-refractivity contribution in [2.24, 2.45) is 0 Å². The van der Waals surface area contributed by atoms with Gasteiger partial charge in [0.15, 0.2) is 5.78 Å². The van der Waals surface area contributed by atoms with Gasteiger partial charge in [-0.25, -0.2) is 8.78 Å². The summed E-state index contributed by atoms with van der Waals surface area (Å²) in [6.07, 6.45) is -0.394. The molecule has 2 aromatic carbocycles. The van der Waals surface area contributed by atoms with Gasteiger partial charge in [0, 0.05) is 6.42 Å². The number of benzene rings is 2. The van der Waals surface area contributed by atoms with Crippen molar-refractivity contribution in [1.29, 1.82) is 0 Å². The molecular weight excluding hydrogens is 330 g/mol. The molecule has 0 radical (unpaired) electrons. The van der Waals surface area contributed by atoms with Crippen LogP contribution >= 0.6 is 0 Å². The lowest BCUT2D eigenvalue weighted by molar-refractivity contribution is -0.127. The SMILES string of the molecule is O=C(CC(=O)C1CO1)Cc1ccc(OCc2c(F)cccc2F)cc1. The summed E-state index contributed by atoms with van der Waals surface area (Å²) >= 11 is 0. The molecule has 3 rings (SSSR count). The zero-order valence-corrected chi connectivity index (χ0v) is 13.3. The van der Waals surface area contributed by atoms with Gasteiger partial charge in [0.25, 0.3) is 0 Å². The molecule has 0 amide bonds. The molecule has 2 aromatic rings. The minimum atomic E-state index is -0.661. The molecule has 0 N–H and O–H groups in total. The number of carbonyl (C=O) groups excluding carboxylic acids is 2. The molecule has 0 bridgehead atoms. The van der Waals surface area contributed by atoms with Gasteiger partial charge < -0.3 is 9.47 Å². The maximum atomic E-state index is 13.5. The van der Waals surface area contributed by atoms with Crippen LogP contribution in [0.5, 0.6) is 5.75 Å². The van der Waals surface area contributed by atoms with Gasteiger partial charge in [0.05, 0.1) is 18.6 Å². The van der Waals surface area contributed by atoms with E-state index in [-0.39, 0.29) is 36.6 Å². The molecule has 1 saturated heterocycles. The molecule has 1 aliphatic heterocycles. The summed E-state index contributed by atoms with van der Waals surface area (Å²) in [6, 6.07) is 10.2. The molecule has 1 atom stereocenters. The molecule has 6 heteroatoms. The number of hydrogen-bond donors (Lipinski definition) is 0. The fourth-order valence-electron chi connectivity index (χ4n) is 2.36. The highest BCUT2D eigenvalue weighted by molar-refractivity contribution is 6.02. The Labute approximate surface area is 143 Å². The van der Waals surface area contributed by atoms with Crippen LogP contribution in [0.25, 0.3) is 0 Å². The second kappa shape index (κ2) is 7.53. The van der Waals surface area contributed by atoms with Gasteiger partial charge in [-0.2, -0.15) is 0 Å². The molecule has 1 aliphatic rings. The van der Waals surface area contributed by atoms with Crippen LogP contribution in [-0.4, -0.2) is 24.3 Å². The lowest BCUT2D eigenvalue weighted by Crippen LogP contribution is -2.14. The maximum absolute atomic E-state index is 13.5. The van der Waals surface area contributed by atoms with E-state index < -0.39 is 17.7 Å². The first-order valence-corrected chi connectivity index (χ1v) is 7.83. The molecule has 4 nitrogen and oxygen atoms in total. The molecule has 1 unspecified atom stereocenters. The van der Waals surface area contributed by atoms with E-state index in [1.807, 2.05) is 0 Å².